The smallest absolute Gasteiger partial charge is 0.0779 e. The highest BCUT2D eigenvalue weighted by Crippen LogP contribution is 2.27. The minimum absolute atomic E-state index is 0.0537. The molecule has 1 saturated carbocycles. The summed E-state index contributed by atoms with van der Waals surface area (Å²) in [6.07, 6.45) is 10.7. The first-order valence-corrected chi connectivity index (χ1v) is 7.81. The van der Waals surface area contributed by atoms with E-state index in [1.807, 2.05) is 0 Å². The van der Waals surface area contributed by atoms with E-state index in [2.05, 4.69) is 12.2 Å². The maximum absolute atomic E-state index is 5.98. The molecule has 1 aliphatic heterocycles. The summed E-state index contributed by atoms with van der Waals surface area (Å²) in [6.45, 7) is 4.88. The summed E-state index contributed by atoms with van der Waals surface area (Å²) in [5.41, 5.74) is 6.03. The SMILES string of the molecule is CC1(CNC(CN)C2CCCCCC2)CCCO1. The molecular formula is C15H30N2O. The van der Waals surface area contributed by atoms with Gasteiger partial charge in [-0.25, -0.2) is 0 Å². The minimum Gasteiger partial charge on any atom is -0.374 e. The molecule has 1 saturated heterocycles. The fourth-order valence-electron chi connectivity index (χ4n) is 3.48. The summed E-state index contributed by atoms with van der Waals surface area (Å²) in [6, 6.07) is 0.490. The zero-order valence-electron chi connectivity index (χ0n) is 11.9. The standard InChI is InChI=1S/C15H30N2O/c1-15(9-6-10-18-15)12-17-14(11-16)13-7-4-2-3-5-8-13/h13-14,17H,2-12,16H2,1H3. The van der Waals surface area contributed by atoms with Gasteiger partial charge in [0, 0.05) is 25.7 Å². The highest BCUT2D eigenvalue weighted by atomic mass is 16.5. The molecule has 3 N–H and O–H groups in total. The van der Waals surface area contributed by atoms with Gasteiger partial charge in [-0.2, -0.15) is 0 Å². The van der Waals surface area contributed by atoms with E-state index in [4.69, 9.17) is 10.5 Å². The molecule has 3 heteroatoms. The number of hydrogen-bond donors (Lipinski definition) is 2. The second-order valence-electron chi connectivity index (χ2n) is 6.38. The fourth-order valence-corrected chi connectivity index (χ4v) is 3.48. The Morgan fingerprint density at radius 3 is 2.50 bits per heavy atom. The van der Waals surface area contributed by atoms with E-state index in [1.54, 1.807) is 0 Å². The van der Waals surface area contributed by atoms with Crippen molar-refractivity contribution in [3.8, 4) is 0 Å². The second-order valence-corrected chi connectivity index (χ2v) is 6.38. The lowest BCUT2D eigenvalue weighted by Crippen LogP contribution is -2.48. The molecule has 1 heterocycles. The van der Waals surface area contributed by atoms with Gasteiger partial charge < -0.3 is 15.8 Å². The van der Waals surface area contributed by atoms with Crippen LogP contribution in [0.5, 0.6) is 0 Å². The molecule has 0 spiro atoms. The Morgan fingerprint density at radius 1 is 1.22 bits per heavy atom. The molecule has 0 aromatic carbocycles. The van der Waals surface area contributed by atoms with E-state index in [0.717, 1.165) is 25.6 Å². The van der Waals surface area contributed by atoms with Crippen LogP contribution in [0.4, 0.5) is 0 Å². The van der Waals surface area contributed by atoms with Gasteiger partial charge in [-0.15, -0.1) is 0 Å². The van der Waals surface area contributed by atoms with Gasteiger partial charge in [0.05, 0.1) is 5.60 Å². The molecule has 2 rings (SSSR count). The molecule has 18 heavy (non-hydrogen) atoms. The predicted molar refractivity (Wildman–Crippen MR) is 75.6 cm³/mol. The van der Waals surface area contributed by atoms with Crippen LogP contribution in [0.15, 0.2) is 0 Å². The van der Waals surface area contributed by atoms with E-state index in [1.165, 1.54) is 51.4 Å². The molecule has 2 atom stereocenters. The lowest BCUT2D eigenvalue weighted by Gasteiger charge is -2.31. The molecule has 0 bridgehead atoms. The number of ether oxygens (including phenoxy) is 1. The predicted octanol–water partition coefficient (Wildman–Crippen LogP) is 2.44. The molecule has 1 aliphatic carbocycles. The average molecular weight is 254 g/mol. The molecular weight excluding hydrogens is 224 g/mol. The van der Waals surface area contributed by atoms with Gasteiger partial charge in [0.2, 0.25) is 0 Å². The van der Waals surface area contributed by atoms with E-state index in [9.17, 15) is 0 Å². The highest BCUT2D eigenvalue weighted by Gasteiger charge is 2.31. The maximum Gasteiger partial charge on any atom is 0.0779 e. The zero-order valence-corrected chi connectivity index (χ0v) is 11.9. The van der Waals surface area contributed by atoms with Crippen LogP contribution >= 0.6 is 0 Å². The first-order valence-electron chi connectivity index (χ1n) is 7.81. The first-order chi connectivity index (χ1) is 8.73. The van der Waals surface area contributed by atoms with Crippen LogP contribution in [0.1, 0.15) is 58.3 Å². The largest absolute Gasteiger partial charge is 0.374 e. The van der Waals surface area contributed by atoms with Gasteiger partial charge >= 0.3 is 0 Å². The lowest BCUT2D eigenvalue weighted by molar-refractivity contribution is 0.0171. The summed E-state index contributed by atoms with van der Waals surface area (Å²) in [5, 5.41) is 3.70. The summed E-state index contributed by atoms with van der Waals surface area (Å²) < 4.78 is 5.84. The topological polar surface area (TPSA) is 47.3 Å². The minimum atomic E-state index is 0.0537. The van der Waals surface area contributed by atoms with Gasteiger partial charge in [0.25, 0.3) is 0 Å². The first kappa shape index (κ1) is 14.3. The fraction of sp³-hybridized carbons (Fsp3) is 1.00. The van der Waals surface area contributed by atoms with E-state index in [-0.39, 0.29) is 5.60 Å². The van der Waals surface area contributed by atoms with Crippen LogP contribution in [0.25, 0.3) is 0 Å². The van der Waals surface area contributed by atoms with Crippen molar-refractivity contribution in [2.24, 2.45) is 11.7 Å². The van der Waals surface area contributed by atoms with Crippen LogP contribution in [0, 0.1) is 5.92 Å². The van der Waals surface area contributed by atoms with Crippen molar-refractivity contribution < 1.29 is 4.74 Å². The Morgan fingerprint density at radius 2 is 1.94 bits per heavy atom. The molecule has 2 unspecified atom stereocenters. The van der Waals surface area contributed by atoms with Crippen LogP contribution in [-0.2, 0) is 4.74 Å². The van der Waals surface area contributed by atoms with Crippen molar-refractivity contribution in [1.29, 1.82) is 0 Å². The Labute approximate surface area is 112 Å². The van der Waals surface area contributed by atoms with Gasteiger partial charge in [-0.05, 0) is 38.5 Å². The number of nitrogens with one attached hydrogen (secondary N) is 1. The van der Waals surface area contributed by atoms with Crippen molar-refractivity contribution in [3.63, 3.8) is 0 Å². The third-order valence-corrected chi connectivity index (χ3v) is 4.76. The third-order valence-electron chi connectivity index (χ3n) is 4.76. The van der Waals surface area contributed by atoms with Crippen LogP contribution < -0.4 is 11.1 Å². The quantitative estimate of drug-likeness (QED) is 0.741. The van der Waals surface area contributed by atoms with Crippen molar-refractivity contribution in [3.05, 3.63) is 0 Å². The summed E-state index contributed by atoms with van der Waals surface area (Å²) in [7, 11) is 0. The third kappa shape index (κ3) is 3.94. The maximum atomic E-state index is 5.98. The van der Waals surface area contributed by atoms with E-state index >= 15 is 0 Å². The Balaban J connectivity index is 1.80. The van der Waals surface area contributed by atoms with Crippen LogP contribution in [0.2, 0.25) is 0 Å². The second kappa shape index (κ2) is 6.88. The Hall–Kier alpha value is -0.120. The Bertz CT molecular complexity index is 231. The molecule has 0 amide bonds. The summed E-state index contributed by atoms with van der Waals surface area (Å²) >= 11 is 0. The molecule has 0 aromatic heterocycles. The molecule has 3 nitrogen and oxygen atoms in total. The van der Waals surface area contributed by atoms with Crippen LogP contribution in [0.3, 0.4) is 0 Å². The van der Waals surface area contributed by atoms with Crippen molar-refractivity contribution >= 4 is 0 Å². The molecule has 106 valence electrons. The van der Waals surface area contributed by atoms with Crippen LogP contribution in [-0.4, -0.2) is 31.3 Å². The molecule has 2 aliphatic rings. The summed E-state index contributed by atoms with van der Waals surface area (Å²) in [4.78, 5) is 0. The lowest BCUT2D eigenvalue weighted by atomic mass is 9.91. The molecule has 2 fully saturated rings. The molecule has 0 radical (unpaired) electrons. The highest BCUT2D eigenvalue weighted by molar-refractivity contribution is 4.87. The van der Waals surface area contributed by atoms with Crippen molar-refractivity contribution in [2.45, 2.75) is 69.9 Å². The monoisotopic (exact) mass is 254 g/mol. The number of hydrogen-bond acceptors (Lipinski definition) is 3. The van der Waals surface area contributed by atoms with E-state index < -0.39 is 0 Å². The van der Waals surface area contributed by atoms with Gasteiger partial charge in [-0.3, -0.25) is 0 Å². The number of nitrogens with two attached hydrogens (primary N) is 1. The average Bonchev–Trinajstić information content (AvgIpc) is 2.65. The van der Waals surface area contributed by atoms with Gasteiger partial charge in [0.1, 0.15) is 0 Å². The van der Waals surface area contributed by atoms with Gasteiger partial charge in [0.15, 0.2) is 0 Å². The number of rotatable bonds is 5. The normalized spacial score (nSPS) is 32.3. The summed E-state index contributed by atoms with van der Waals surface area (Å²) in [5.74, 6) is 0.780. The van der Waals surface area contributed by atoms with E-state index in [0.29, 0.717) is 6.04 Å². The van der Waals surface area contributed by atoms with Gasteiger partial charge in [-0.1, -0.05) is 25.7 Å². The Kier molecular flexibility index (Phi) is 5.46. The molecule has 0 aromatic rings. The zero-order chi connectivity index (χ0) is 12.8. The van der Waals surface area contributed by atoms with Crippen molar-refractivity contribution in [1.82, 2.24) is 5.32 Å². The van der Waals surface area contributed by atoms with Crippen molar-refractivity contribution in [2.75, 3.05) is 19.7 Å².